The molecule has 0 saturated heterocycles. The maximum absolute atomic E-state index is 9.16. The zero-order valence-corrected chi connectivity index (χ0v) is 11.8. The van der Waals surface area contributed by atoms with E-state index in [9.17, 15) is 0 Å². The molecule has 1 unspecified atom stereocenters. The Hall–Kier alpha value is -0.550. The van der Waals surface area contributed by atoms with Crippen LogP contribution in [0.5, 0.6) is 0 Å². The van der Waals surface area contributed by atoms with Gasteiger partial charge in [0.25, 0.3) is 0 Å². The lowest BCUT2D eigenvalue weighted by atomic mass is 9.47. The van der Waals surface area contributed by atoms with Gasteiger partial charge in [-0.2, -0.15) is 5.26 Å². The smallest absolute Gasteiger partial charge is 0.0638 e. The van der Waals surface area contributed by atoms with E-state index < -0.39 is 0 Å². The van der Waals surface area contributed by atoms with Gasteiger partial charge in [0, 0.05) is 12.1 Å². The third kappa shape index (κ3) is 2.07. The van der Waals surface area contributed by atoms with Crippen molar-refractivity contribution in [1.29, 1.82) is 5.26 Å². The van der Waals surface area contributed by atoms with Crippen LogP contribution in [-0.4, -0.2) is 12.1 Å². The van der Waals surface area contributed by atoms with E-state index in [1.165, 1.54) is 38.5 Å². The van der Waals surface area contributed by atoms with Gasteiger partial charge < -0.3 is 5.32 Å². The lowest BCUT2D eigenvalue weighted by Gasteiger charge is -2.59. The molecule has 2 heteroatoms. The molecular formula is C16H26N2. The van der Waals surface area contributed by atoms with Gasteiger partial charge in [-0.15, -0.1) is 0 Å². The quantitative estimate of drug-likeness (QED) is 0.824. The van der Waals surface area contributed by atoms with Crippen molar-refractivity contribution < 1.29 is 0 Å². The largest absolute Gasteiger partial charge is 0.310 e. The van der Waals surface area contributed by atoms with Crippen LogP contribution in [0.4, 0.5) is 0 Å². The lowest BCUT2D eigenvalue weighted by Crippen LogP contribution is -2.56. The fourth-order valence-corrected chi connectivity index (χ4v) is 5.55. The Morgan fingerprint density at radius 3 is 2.00 bits per heavy atom. The summed E-state index contributed by atoms with van der Waals surface area (Å²) in [7, 11) is 0. The lowest BCUT2D eigenvalue weighted by molar-refractivity contribution is -0.0742. The van der Waals surface area contributed by atoms with E-state index in [2.05, 4.69) is 25.2 Å². The second-order valence-corrected chi connectivity index (χ2v) is 7.52. The summed E-state index contributed by atoms with van der Waals surface area (Å²) in [4.78, 5) is 0. The maximum atomic E-state index is 9.16. The highest BCUT2D eigenvalue weighted by atomic mass is 15.0. The Bertz CT molecular complexity index is 317. The van der Waals surface area contributed by atoms with Crippen LogP contribution in [0.3, 0.4) is 0 Å². The first-order chi connectivity index (χ1) is 8.61. The minimum Gasteiger partial charge on any atom is -0.310 e. The molecule has 18 heavy (non-hydrogen) atoms. The van der Waals surface area contributed by atoms with Crippen molar-refractivity contribution in [1.82, 2.24) is 5.32 Å². The molecule has 4 rings (SSSR count). The van der Waals surface area contributed by atoms with Gasteiger partial charge in [-0.1, -0.05) is 13.8 Å². The molecule has 0 heterocycles. The number of nitrogens with one attached hydrogen (secondary N) is 1. The summed E-state index contributed by atoms with van der Waals surface area (Å²) in [6, 6.07) is 3.37. The van der Waals surface area contributed by atoms with Crippen LogP contribution in [0.15, 0.2) is 0 Å². The predicted molar refractivity (Wildman–Crippen MR) is 72.9 cm³/mol. The molecule has 2 nitrogen and oxygen atoms in total. The molecule has 0 radical (unpaired) electrons. The standard InChI is InChI=1S/C16H26N2/c1-11(2)18-15(3-4-17)16-8-12-5-13(9-16)7-14(6-12)10-16/h11-15,18H,3,5-10H2,1-2H3. The van der Waals surface area contributed by atoms with Crippen LogP contribution in [0.1, 0.15) is 58.8 Å². The molecule has 0 spiro atoms. The molecule has 0 aromatic carbocycles. The van der Waals surface area contributed by atoms with Crippen LogP contribution in [0.25, 0.3) is 0 Å². The van der Waals surface area contributed by atoms with E-state index in [-0.39, 0.29) is 0 Å². The first-order valence-corrected chi connectivity index (χ1v) is 7.74. The molecule has 0 aromatic heterocycles. The van der Waals surface area contributed by atoms with Crippen molar-refractivity contribution in [2.45, 2.75) is 70.9 Å². The van der Waals surface area contributed by atoms with E-state index >= 15 is 0 Å². The van der Waals surface area contributed by atoms with Gasteiger partial charge in [-0.25, -0.2) is 0 Å². The molecule has 4 fully saturated rings. The van der Waals surface area contributed by atoms with Crippen molar-refractivity contribution in [3.05, 3.63) is 0 Å². The van der Waals surface area contributed by atoms with Gasteiger partial charge >= 0.3 is 0 Å². The Kier molecular flexibility index (Phi) is 3.14. The average Bonchev–Trinajstić information content (AvgIpc) is 2.26. The molecule has 1 atom stereocenters. The van der Waals surface area contributed by atoms with Gasteiger partial charge in [0.05, 0.1) is 12.5 Å². The summed E-state index contributed by atoms with van der Waals surface area (Å²) < 4.78 is 0. The second-order valence-electron chi connectivity index (χ2n) is 7.52. The molecule has 4 bridgehead atoms. The molecule has 0 amide bonds. The second kappa shape index (κ2) is 4.53. The highest BCUT2D eigenvalue weighted by Gasteiger charge is 2.53. The summed E-state index contributed by atoms with van der Waals surface area (Å²) in [6.07, 6.45) is 9.34. The molecule has 4 aliphatic rings. The number of hydrogen-bond donors (Lipinski definition) is 1. The minimum atomic E-state index is 0.441. The fraction of sp³-hybridized carbons (Fsp3) is 0.938. The Morgan fingerprint density at radius 1 is 1.11 bits per heavy atom. The zero-order chi connectivity index (χ0) is 12.8. The van der Waals surface area contributed by atoms with Crippen molar-refractivity contribution in [3.8, 4) is 6.07 Å². The Balaban J connectivity index is 1.81. The molecular weight excluding hydrogens is 220 g/mol. The van der Waals surface area contributed by atoms with Crippen molar-refractivity contribution in [2.24, 2.45) is 23.2 Å². The van der Waals surface area contributed by atoms with E-state index in [0.29, 0.717) is 23.9 Å². The number of rotatable bonds is 4. The van der Waals surface area contributed by atoms with Crippen LogP contribution < -0.4 is 5.32 Å². The topological polar surface area (TPSA) is 35.8 Å². The first-order valence-electron chi connectivity index (χ1n) is 7.74. The summed E-state index contributed by atoms with van der Waals surface area (Å²) in [6.45, 7) is 4.43. The Labute approximate surface area is 111 Å². The SMILES string of the molecule is CC(C)NC(CC#N)C12CC3CC(CC(C3)C1)C2. The average molecular weight is 246 g/mol. The maximum Gasteiger partial charge on any atom is 0.0638 e. The van der Waals surface area contributed by atoms with Gasteiger partial charge in [0.2, 0.25) is 0 Å². The van der Waals surface area contributed by atoms with Gasteiger partial charge in [-0.3, -0.25) is 0 Å². The predicted octanol–water partition coefficient (Wildman–Crippen LogP) is 3.48. The fourth-order valence-electron chi connectivity index (χ4n) is 5.55. The molecule has 0 aliphatic heterocycles. The normalized spacial score (nSPS) is 43.1. The highest BCUT2D eigenvalue weighted by Crippen LogP contribution is 2.61. The van der Waals surface area contributed by atoms with Crippen LogP contribution in [0.2, 0.25) is 0 Å². The summed E-state index contributed by atoms with van der Waals surface area (Å²) in [5.41, 5.74) is 0.467. The van der Waals surface area contributed by atoms with Crippen LogP contribution in [0, 0.1) is 34.5 Å². The summed E-state index contributed by atoms with van der Waals surface area (Å²) >= 11 is 0. The minimum absolute atomic E-state index is 0.441. The van der Waals surface area contributed by atoms with Gasteiger partial charge in [0.15, 0.2) is 0 Å². The van der Waals surface area contributed by atoms with Crippen molar-refractivity contribution >= 4 is 0 Å². The van der Waals surface area contributed by atoms with Crippen LogP contribution in [-0.2, 0) is 0 Å². The molecule has 1 N–H and O–H groups in total. The number of nitrogens with zero attached hydrogens (tertiary/aromatic N) is 1. The third-order valence-electron chi connectivity index (χ3n) is 5.65. The van der Waals surface area contributed by atoms with Gasteiger partial charge in [-0.05, 0) is 61.7 Å². The first kappa shape index (κ1) is 12.5. The van der Waals surface area contributed by atoms with Crippen LogP contribution >= 0.6 is 0 Å². The highest BCUT2D eigenvalue weighted by molar-refractivity contribution is 5.07. The van der Waals surface area contributed by atoms with Crippen molar-refractivity contribution in [3.63, 3.8) is 0 Å². The summed E-state index contributed by atoms with van der Waals surface area (Å²) in [5.74, 6) is 2.93. The number of nitriles is 1. The summed E-state index contributed by atoms with van der Waals surface area (Å²) in [5, 5.41) is 12.9. The molecule has 4 saturated carbocycles. The number of hydrogen-bond acceptors (Lipinski definition) is 2. The third-order valence-corrected chi connectivity index (χ3v) is 5.65. The van der Waals surface area contributed by atoms with E-state index in [0.717, 1.165) is 17.8 Å². The molecule has 4 aliphatic carbocycles. The van der Waals surface area contributed by atoms with Gasteiger partial charge in [0.1, 0.15) is 0 Å². The zero-order valence-electron chi connectivity index (χ0n) is 11.8. The van der Waals surface area contributed by atoms with E-state index in [4.69, 9.17) is 5.26 Å². The monoisotopic (exact) mass is 246 g/mol. The molecule has 100 valence electrons. The van der Waals surface area contributed by atoms with E-state index in [1.54, 1.807) is 0 Å². The van der Waals surface area contributed by atoms with E-state index in [1.807, 2.05) is 0 Å². The molecule has 0 aromatic rings. The Morgan fingerprint density at radius 2 is 1.61 bits per heavy atom. The van der Waals surface area contributed by atoms with Crippen molar-refractivity contribution in [2.75, 3.05) is 0 Å².